The zero-order valence-electron chi connectivity index (χ0n) is 9.67. The summed E-state index contributed by atoms with van der Waals surface area (Å²) < 4.78 is 0. The first-order valence-corrected chi connectivity index (χ1v) is 5.73. The second-order valence-electron chi connectivity index (χ2n) is 4.07. The smallest absolute Gasteiger partial charge is 0.0991 e. The minimum absolute atomic E-state index is 0.655. The quantitative estimate of drug-likeness (QED) is 0.638. The molecule has 1 aromatic heterocycles. The van der Waals surface area contributed by atoms with Gasteiger partial charge in [0.1, 0.15) is 0 Å². The molecule has 0 spiro atoms. The van der Waals surface area contributed by atoms with Gasteiger partial charge in [-0.05, 0) is 23.6 Å². The van der Waals surface area contributed by atoms with Crippen molar-refractivity contribution in [3.63, 3.8) is 0 Å². The summed E-state index contributed by atoms with van der Waals surface area (Å²) >= 11 is 0. The van der Waals surface area contributed by atoms with E-state index in [4.69, 9.17) is 5.26 Å². The van der Waals surface area contributed by atoms with Crippen LogP contribution in [0.5, 0.6) is 0 Å². The molecule has 0 aliphatic carbocycles. The Labute approximate surface area is 105 Å². The highest BCUT2D eigenvalue weighted by atomic mass is 14.7. The summed E-state index contributed by atoms with van der Waals surface area (Å²) in [5, 5.41) is 11.2. The summed E-state index contributed by atoms with van der Waals surface area (Å²) in [5.41, 5.74) is 2.55. The number of nitriles is 1. The zero-order valence-corrected chi connectivity index (χ0v) is 9.67. The topological polar surface area (TPSA) is 36.7 Å². The lowest BCUT2D eigenvalue weighted by Crippen LogP contribution is -1.86. The normalized spacial score (nSPS) is 10.2. The van der Waals surface area contributed by atoms with Gasteiger partial charge in [-0.15, -0.1) is 0 Å². The fourth-order valence-corrected chi connectivity index (χ4v) is 2.09. The Bertz CT molecular complexity index is 749. The Kier molecular flexibility index (Phi) is 2.51. The van der Waals surface area contributed by atoms with E-state index in [0.29, 0.717) is 5.56 Å². The number of benzene rings is 2. The van der Waals surface area contributed by atoms with E-state index in [-0.39, 0.29) is 0 Å². The predicted octanol–water partition coefficient (Wildman–Crippen LogP) is 3.77. The van der Waals surface area contributed by atoms with E-state index < -0.39 is 0 Å². The van der Waals surface area contributed by atoms with Gasteiger partial charge in [0.25, 0.3) is 0 Å². The minimum atomic E-state index is 0.655. The third-order valence-corrected chi connectivity index (χ3v) is 2.94. The van der Waals surface area contributed by atoms with E-state index >= 15 is 0 Å². The Morgan fingerprint density at radius 1 is 0.944 bits per heavy atom. The van der Waals surface area contributed by atoms with Gasteiger partial charge in [0.15, 0.2) is 0 Å². The molecule has 0 atom stereocenters. The van der Waals surface area contributed by atoms with E-state index in [2.05, 4.69) is 23.2 Å². The molecule has 0 radical (unpaired) electrons. The molecule has 2 nitrogen and oxygen atoms in total. The van der Waals surface area contributed by atoms with Crippen molar-refractivity contribution in [2.75, 3.05) is 0 Å². The van der Waals surface area contributed by atoms with Gasteiger partial charge in [-0.25, -0.2) is 0 Å². The molecule has 18 heavy (non-hydrogen) atoms. The first kappa shape index (κ1) is 10.5. The third-order valence-electron chi connectivity index (χ3n) is 2.94. The van der Waals surface area contributed by atoms with E-state index in [1.54, 1.807) is 12.3 Å². The molecule has 0 aliphatic heterocycles. The van der Waals surface area contributed by atoms with Crippen LogP contribution in [-0.2, 0) is 0 Å². The Hall–Kier alpha value is -2.66. The molecule has 3 aromatic rings. The standard InChI is InChI=1S/C16H10N2/c17-11-12-4-3-6-14(10-12)16-15-7-2-1-5-13(15)8-9-18-16/h1-10H. The van der Waals surface area contributed by atoms with E-state index in [9.17, 15) is 0 Å². The molecule has 0 saturated heterocycles. The molecule has 0 fully saturated rings. The SMILES string of the molecule is N#Cc1cccc(-c2nccc3ccccc23)c1. The summed E-state index contributed by atoms with van der Waals surface area (Å²) in [7, 11) is 0. The van der Waals surface area contributed by atoms with Crippen LogP contribution in [0.4, 0.5) is 0 Å². The lowest BCUT2D eigenvalue weighted by molar-refractivity contribution is 1.35. The number of hydrogen-bond donors (Lipinski definition) is 0. The molecule has 0 unspecified atom stereocenters. The first-order chi connectivity index (χ1) is 8.88. The summed E-state index contributed by atoms with van der Waals surface area (Å²) in [4.78, 5) is 4.44. The first-order valence-electron chi connectivity index (χ1n) is 5.73. The third kappa shape index (κ3) is 1.72. The molecular weight excluding hydrogens is 220 g/mol. The van der Waals surface area contributed by atoms with Crippen LogP contribution in [0, 0.1) is 11.3 Å². The molecular formula is C16H10N2. The van der Waals surface area contributed by atoms with Crippen molar-refractivity contribution in [1.29, 1.82) is 5.26 Å². The van der Waals surface area contributed by atoms with Gasteiger partial charge < -0.3 is 0 Å². The van der Waals surface area contributed by atoms with Crippen LogP contribution in [-0.4, -0.2) is 4.98 Å². The van der Waals surface area contributed by atoms with Crippen molar-refractivity contribution in [2.24, 2.45) is 0 Å². The van der Waals surface area contributed by atoms with Gasteiger partial charge in [-0.3, -0.25) is 4.98 Å². The van der Waals surface area contributed by atoms with Crippen LogP contribution in [0.15, 0.2) is 60.8 Å². The van der Waals surface area contributed by atoms with Crippen LogP contribution in [0.3, 0.4) is 0 Å². The highest BCUT2D eigenvalue weighted by molar-refractivity contribution is 5.94. The van der Waals surface area contributed by atoms with E-state index in [1.807, 2.05) is 36.4 Å². The monoisotopic (exact) mass is 230 g/mol. The second kappa shape index (κ2) is 4.31. The van der Waals surface area contributed by atoms with Crippen LogP contribution in [0.1, 0.15) is 5.56 Å². The zero-order chi connectivity index (χ0) is 12.4. The van der Waals surface area contributed by atoms with Gasteiger partial charge >= 0.3 is 0 Å². The van der Waals surface area contributed by atoms with E-state index in [0.717, 1.165) is 22.0 Å². The number of nitrogens with zero attached hydrogens (tertiary/aromatic N) is 2. The van der Waals surface area contributed by atoms with Crippen LogP contribution < -0.4 is 0 Å². The highest BCUT2D eigenvalue weighted by Crippen LogP contribution is 2.26. The average molecular weight is 230 g/mol. The van der Waals surface area contributed by atoms with Crippen LogP contribution in [0.2, 0.25) is 0 Å². The molecule has 2 heteroatoms. The van der Waals surface area contributed by atoms with Gasteiger partial charge in [0, 0.05) is 17.1 Å². The maximum Gasteiger partial charge on any atom is 0.0991 e. The number of fused-ring (bicyclic) bond motifs is 1. The molecule has 3 rings (SSSR count). The lowest BCUT2D eigenvalue weighted by atomic mass is 10.0. The molecule has 2 aromatic carbocycles. The number of aromatic nitrogens is 1. The Morgan fingerprint density at radius 2 is 1.83 bits per heavy atom. The number of rotatable bonds is 1. The highest BCUT2D eigenvalue weighted by Gasteiger charge is 2.05. The summed E-state index contributed by atoms with van der Waals surface area (Å²) in [6.45, 7) is 0. The molecule has 84 valence electrons. The molecule has 0 N–H and O–H groups in total. The lowest BCUT2D eigenvalue weighted by Gasteiger charge is -2.05. The van der Waals surface area contributed by atoms with Gasteiger partial charge in [0.05, 0.1) is 17.3 Å². The van der Waals surface area contributed by atoms with Crippen molar-refractivity contribution in [1.82, 2.24) is 4.98 Å². The predicted molar refractivity (Wildman–Crippen MR) is 71.9 cm³/mol. The fourth-order valence-electron chi connectivity index (χ4n) is 2.09. The average Bonchev–Trinajstić information content (AvgIpc) is 2.47. The fraction of sp³-hybridized carbons (Fsp3) is 0. The summed E-state index contributed by atoms with van der Waals surface area (Å²) in [5.74, 6) is 0. The van der Waals surface area contributed by atoms with Crippen molar-refractivity contribution < 1.29 is 0 Å². The molecule has 0 saturated carbocycles. The van der Waals surface area contributed by atoms with Crippen molar-refractivity contribution in [2.45, 2.75) is 0 Å². The van der Waals surface area contributed by atoms with Gasteiger partial charge in [0.2, 0.25) is 0 Å². The molecule has 0 amide bonds. The van der Waals surface area contributed by atoms with Crippen molar-refractivity contribution >= 4 is 10.8 Å². The Balaban J connectivity index is 2.28. The van der Waals surface area contributed by atoms with Crippen LogP contribution in [0.25, 0.3) is 22.0 Å². The van der Waals surface area contributed by atoms with E-state index in [1.165, 1.54) is 0 Å². The number of pyridine rings is 1. The Morgan fingerprint density at radius 3 is 2.72 bits per heavy atom. The number of hydrogen-bond acceptors (Lipinski definition) is 2. The molecule has 0 bridgehead atoms. The largest absolute Gasteiger partial charge is 0.256 e. The second-order valence-corrected chi connectivity index (χ2v) is 4.07. The van der Waals surface area contributed by atoms with Gasteiger partial charge in [-0.1, -0.05) is 36.4 Å². The summed E-state index contributed by atoms with van der Waals surface area (Å²) in [6.07, 6.45) is 1.80. The van der Waals surface area contributed by atoms with Crippen molar-refractivity contribution in [3.8, 4) is 17.3 Å². The molecule has 1 heterocycles. The van der Waals surface area contributed by atoms with Crippen LogP contribution >= 0.6 is 0 Å². The maximum atomic E-state index is 8.95. The molecule has 0 aliphatic rings. The maximum absolute atomic E-state index is 8.95. The van der Waals surface area contributed by atoms with Crippen molar-refractivity contribution in [3.05, 3.63) is 66.4 Å². The summed E-state index contributed by atoms with van der Waals surface area (Å²) in [6, 6.07) is 19.8. The van der Waals surface area contributed by atoms with Gasteiger partial charge in [-0.2, -0.15) is 5.26 Å². The minimum Gasteiger partial charge on any atom is -0.256 e.